The quantitative estimate of drug-likeness (QED) is 0.811. The van der Waals surface area contributed by atoms with Crippen LogP contribution in [0.2, 0.25) is 0 Å². The number of halogens is 1. The minimum Gasteiger partial charge on any atom is -0.447 e. The van der Waals surface area contributed by atoms with Crippen molar-refractivity contribution in [3.8, 4) is 0 Å². The second-order valence-electron chi connectivity index (χ2n) is 5.36. The molecule has 6 heteroatoms. The van der Waals surface area contributed by atoms with Gasteiger partial charge < -0.3 is 4.74 Å². The molecule has 2 amide bonds. The summed E-state index contributed by atoms with van der Waals surface area (Å²) in [5.74, 6) is -0.936. The minimum absolute atomic E-state index is 0.169. The number of aromatic nitrogens is 1. The molecule has 0 aliphatic carbocycles. The smallest absolute Gasteiger partial charge is 0.417 e. The van der Waals surface area contributed by atoms with Crippen molar-refractivity contribution >= 4 is 18.1 Å². The molecule has 5 nitrogen and oxygen atoms in total. The van der Waals surface area contributed by atoms with E-state index in [9.17, 15) is 14.0 Å². The highest BCUT2D eigenvalue weighted by Gasteiger charge is 2.36. The lowest BCUT2D eigenvalue weighted by atomic mass is 10.1. The van der Waals surface area contributed by atoms with Crippen molar-refractivity contribution in [2.75, 3.05) is 6.61 Å². The summed E-state index contributed by atoms with van der Waals surface area (Å²) in [6.45, 7) is 0.169. The highest BCUT2D eigenvalue weighted by Crippen LogP contribution is 2.18. The highest BCUT2D eigenvalue weighted by atomic mass is 19.1. The second kappa shape index (κ2) is 7.04. The lowest BCUT2D eigenvalue weighted by Crippen LogP contribution is -2.39. The standard InChI is InChI=1S/C18H15FN2O3/c19-14-6-7-15(20-11-14)8-9-17(22)21-16(12-24-18(21)23)10-13-4-2-1-3-5-13/h1-9,11,16H,10,12H2/t16-/m1/s1. The summed E-state index contributed by atoms with van der Waals surface area (Å²) in [6, 6.07) is 11.9. The molecule has 1 fully saturated rings. The summed E-state index contributed by atoms with van der Waals surface area (Å²) in [5, 5.41) is 0. The first-order chi connectivity index (χ1) is 11.6. The number of ether oxygens (including phenoxy) is 1. The molecule has 1 aliphatic heterocycles. The number of hydrogen-bond acceptors (Lipinski definition) is 4. The molecule has 0 saturated carbocycles. The Morgan fingerprint density at radius 2 is 2.08 bits per heavy atom. The van der Waals surface area contributed by atoms with Crippen molar-refractivity contribution < 1.29 is 18.7 Å². The number of amides is 2. The highest BCUT2D eigenvalue weighted by molar-refractivity contribution is 6.01. The molecule has 122 valence electrons. The van der Waals surface area contributed by atoms with Crippen molar-refractivity contribution in [2.45, 2.75) is 12.5 Å². The van der Waals surface area contributed by atoms with Gasteiger partial charge in [-0.25, -0.2) is 14.1 Å². The number of hydrogen-bond donors (Lipinski definition) is 0. The fourth-order valence-electron chi connectivity index (χ4n) is 2.49. The molecule has 2 aromatic rings. The van der Waals surface area contributed by atoms with Crippen molar-refractivity contribution in [1.82, 2.24) is 9.88 Å². The third kappa shape index (κ3) is 3.65. The number of benzene rings is 1. The van der Waals surface area contributed by atoms with Gasteiger partial charge in [0, 0.05) is 6.08 Å². The van der Waals surface area contributed by atoms with Crippen LogP contribution in [0.4, 0.5) is 9.18 Å². The zero-order chi connectivity index (χ0) is 16.9. The zero-order valence-electron chi connectivity index (χ0n) is 12.8. The Labute approximate surface area is 138 Å². The van der Waals surface area contributed by atoms with E-state index in [2.05, 4.69) is 4.98 Å². The van der Waals surface area contributed by atoms with Gasteiger partial charge in [0.2, 0.25) is 0 Å². The molecule has 0 unspecified atom stereocenters. The average Bonchev–Trinajstić information content (AvgIpc) is 2.95. The van der Waals surface area contributed by atoms with Gasteiger partial charge in [-0.05, 0) is 30.2 Å². The summed E-state index contributed by atoms with van der Waals surface area (Å²) >= 11 is 0. The van der Waals surface area contributed by atoms with Crippen LogP contribution in [-0.4, -0.2) is 34.5 Å². The minimum atomic E-state index is -0.655. The molecule has 1 atom stereocenters. The van der Waals surface area contributed by atoms with Crippen molar-refractivity contribution in [2.24, 2.45) is 0 Å². The molecule has 0 spiro atoms. The van der Waals surface area contributed by atoms with Crippen LogP contribution in [0.3, 0.4) is 0 Å². The number of carbonyl (C=O) groups is 2. The topological polar surface area (TPSA) is 59.5 Å². The SMILES string of the molecule is O=C(C=Cc1ccc(F)cn1)N1C(=O)OC[C@H]1Cc1ccccc1. The predicted octanol–water partition coefficient (Wildman–Crippen LogP) is 2.82. The van der Waals surface area contributed by atoms with Gasteiger partial charge in [-0.15, -0.1) is 0 Å². The summed E-state index contributed by atoms with van der Waals surface area (Å²) < 4.78 is 17.8. The number of carbonyl (C=O) groups excluding carboxylic acids is 2. The van der Waals surface area contributed by atoms with E-state index in [0.717, 1.165) is 16.7 Å². The van der Waals surface area contributed by atoms with Gasteiger partial charge in [0.1, 0.15) is 12.4 Å². The summed E-state index contributed by atoms with van der Waals surface area (Å²) in [5.41, 5.74) is 1.44. The molecule has 1 aromatic heterocycles. The first-order valence-electron chi connectivity index (χ1n) is 7.47. The van der Waals surface area contributed by atoms with Gasteiger partial charge in [0.25, 0.3) is 5.91 Å². The Morgan fingerprint density at radius 3 is 2.79 bits per heavy atom. The Hall–Kier alpha value is -3.02. The molecule has 3 rings (SSSR count). The molecular weight excluding hydrogens is 311 g/mol. The Kier molecular flexibility index (Phi) is 4.65. The second-order valence-corrected chi connectivity index (χ2v) is 5.36. The molecule has 1 saturated heterocycles. The zero-order valence-corrected chi connectivity index (χ0v) is 12.8. The van der Waals surface area contributed by atoms with E-state index in [1.165, 1.54) is 24.3 Å². The molecule has 2 heterocycles. The van der Waals surface area contributed by atoms with Crippen LogP contribution in [0.1, 0.15) is 11.3 Å². The molecule has 1 aromatic carbocycles. The van der Waals surface area contributed by atoms with Crippen LogP contribution < -0.4 is 0 Å². The summed E-state index contributed by atoms with van der Waals surface area (Å²) in [6.07, 6.45) is 3.61. The largest absolute Gasteiger partial charge is 0.447 e. The van der Waals surface area contributed by atoms with Gasteiger partial charge in [0.05, 0.1) is 17.9 Å². The van der Waals surface area contributed by atoms with Gasteiger partial charge >= 0.3 is 6.09 Å². The molecule has 0 radical (unpaired) electrons. The fourth-order valence-corrected chi connectivity index (χ4v) is 2.49. The monoisotopic (exact) mass is 326 g/mol. The predicted molar refractivity (Wildman–Crippen MR) is 85.4 cm³/mol. The van der Waals surface area contributed by atoms with Crippen molar-refractivity contribution in [3.63, 3.8) is 0 Å². The average molecular weight is 326 g/mol. The Bertz CT molecular complexity index is 760. The maximum absolute atomic E-state index is 12.8. The summed E-state index contributed by atoms with van der Waals surface area (Å²) in [7, 11) is 0. The number of rotatable bonds is 4. The van der Waals surface area contributed by atoms with Crippen LogP contribution in [-0.2, 0) is 16.0 Å². The molecule has 24 heavy (non-hydrogen) atoms. The number of nitrogens with zero attached hydrogens (tertiary/aromatic N) is 2. The number of imide groups is 1. The maximum atomic E-state index is 12.8. The Balaban J connectivity index is 1.71. The maximum Gasteiger partial charge on any atom is 0.417 e. The van der Waals surface area contributed by atoms with E-state index < -0.39 is 17.8 Å². The van der Waals surface area contributed by atoms with Crippen LogP contribution in [0.25, 0.3) is 6.08 Å². The van der Waals surface area contributed by atoms with E-state index in [1.54, 1.807) is 0 Å². The van der Waals surface area contributed by atoms with E-state index >= 15 is 0 Å². The lowest BCUT2D eigenvalue weighted by molar-refractivity contribution is -0.124. The summed E-state index contributed by atoms with van der Waals surface area (Å²) in [4.78, 5) is 29.1. The lowest BCUT2D eigenvalue weighted by Gasteiger charge is -2.18. The number of cyclic esters (lactones) is 1. The van der Waals surface area contributed by atoms with E-state index in [-0.39, 0.29) is 12.6 Å². The Morgan fingerprint density at radius 1 is 1.29 bits per heavy atom. The third-order valence-electron chi connectivity index (χ3n) is 3.66. The fraction of sp³-hybridized carbons (Fsp3) is 0.167. The van der Waals surface area contributed by atoms with Crippen molar-refractivity contribution in [3.05, 3.63) is 71.8 Å². The van der Waals surface area contributed by atoms with E-state index in [1.807, 2.05) is 30.3 Å². The van der Waals surface area contributed by atoms with E-state index in [4.69, 9.17) is 4.74 Å². The van der Waals surface area contributed by atoms with Crippen LogP contribution in [0.5, 0.6) is 0 Å². The van der Waals surface area contributed by atoms with Gasteiger partial charge in [-0.2, -0.15) is 0 Å². The molecule has 1 aliphatic rings. The normalized spacial score (nSPS) is 17.3. The third-order valence-corrected chi connectivity index (χ3v) is 3.66. The first kappa shape index (κ1) is 15.9. The van der Waals surface area contributed by atoms with Crippen molar-refractivity contribution in [1.29, 1.82) is 0 Å². The van der Waals surface area contributed by atoms with E-state index in [0.29, 0.717) is 12.1 Å². The number of pyridine rings is 1. The molecule has 0 bridgehead atoms. The van der Waals surface area contributed by atoms with Crippen LogP contribution in [0, 0.1) is 5.82 Å². The molecular formula is C18H15FN2O3. The molecule has 0 N–H and O–H groups in total. The van der Waals surface area contributed by atoms with Gasteiger partial charge in [0.15, 0.2) is 0 Å². The van der Waals surface area contributed by atoms with Crippen LogP contribution in [0.15, 0.2) is 54.7 Å². The van der Waals surface area contributed by atoms with Gasteiger partial charge in [-0.3, -0.25) is 9.78 Å². The first-order valence-corrected chi connectivity index (χ1v) is 7.47. The van der Waals surface area contributed by atoms with Crippen LogP contribution >= 0.6 is 0 Å². The van der Waals surface area contributed by atoms with Gasteiger partial charge in [-0.1, -0.05) is 30.3 Å².